The van der Waals surface area contributed by atoms with Crippen molar-refractivity contribution in [3.05, 3.63) is 199 Å². The normalized spacial score (nSPS) is 13.0. The van der Waals surface area contributed by atoms with Gasteiger partial charge in [0.25, 0.3) is 6.71 Å². The van der Waals surface area contributed by atoms with Gasteiger partial charge in [-0.25, -0.2) is 0 Å². The molecule has 310 valence electrons. The van der Waals surface area contributed by atoms with E-state index in [0.717, 1.165) is 0 Å². The topological polar surface area (TPSA) is 9.86 Å². The average Bonchev–Trinajstić information content (AvgIpc) is 3.85. The van der Waals surface area contributed by atoms with Crippen LogP contribution in [0.1, 0.15) is 52.7 Å². The van der Waals surface area contributed by atoms with Gasteiger partial charge in [-0.2, -0.15) is 0 Å². The molecule has 0 spiro atoms. The molecule has 13 rings (SSSR count). The van der Waals surface area contributed by atoms with E-state index in [-0.39, 0.29) is 17.5 Å². The molecule has 0 amide bonds. The Morgan fingerprint density at radius 2 is 0.954 bits per heavy atom. The number of aromatic nitrogens is 2. The van der Waals surface area contributed by atoms with E-state index in [0.29, 0.717) is 0 Å². The zero-order valence-electron chi connectivity index (χ0n) is 37.9. The maximum Gasteiger partial charge on any atom is 0.253 e. The van der Waals surface area contributed by atoms with E-state index in [4.69, 9.17) is 0 Å². The summed E-state index contributed by atoms with van der Waals surface area (Å²) in [4.78, 5) is 0. The van der Waals surface area contributed by atoms with Crippen LogP contribution in [0.5, 0.6) is 0 Å². The van der Waals surface area contributed by atoms with E-state index < -0.39 is 0 Å². The zero-order valence-corrected chi connectivity index (χ0v) is 37.9. The van der Waals surface area contributed by atoms with Crippen LogP contribution >= 0.6 is 0 Å². The maximum absolute atomic E-state index is 2.67. The summed E-state index contributed by atoms with van der Waals surface area (Å²) in [5.74, 6) is 0. The van der Waals surface area contributed by atoms with Gasteiger partial charge >= 0.3 is 0 Å². The third kappa shape index (κ3) is 5.55. The Kier molecular flexibility index (Phi) is 7.97. The van der Waals surface area contributed by atoms with Crippen molar-refractivity contribution in [2.24, 2.45) is 0 Å². The van der Waals surface area contributed by atoms with Crippen molar-refractivity contribution in [2.45, 2.75) is 52.4 Å². The molecule has 0 saturated heterocycles. The summed E-state index contributed by atoms with van der Waals surface area (Å²) in [6.07, 6.45) is 0. The Morgan fingerprint density at radius 3 is 1.65 bits per heavy atom. The molecule has 4 heterocycles. The molecule has 0 saturated carbocycles. The molecule has 2 aliphatic heterocycles. The van der Waals surface area contributed by atoms with Gasteiger partial charge in [-0.15, -0.1) is 0 Å². The number of rotatable bonds is 4. The Hall–Kier alpha value is -7.36. The van der Waals surface area contributed by atoms with Gasteiger partial charge < -0.3 is 9.13 Å². The van der Waals surface area contributed by atoms with Crippen LogP contribution in [0, 0.1) is 0 Å². The molecule has 0 unspecified atom stereocenters. The molecule has 9 aromatic carbocycles. The Morgan fingerprint density at radius 1 is 0.369 bits per heavy atom. The van der Waals surface area contributed by atoms with Crippen LogP contribution in [0.25, 0.3) is 99.5 Å². The molecule has 0 bridgehead atoms. The zero-order chi connectivity index (χ0) is 43.9. The summed E-state index contributed by atoms with van der Waals surface area (Å²) in [6.45, 7) is 14.1. The van der Waals surface area contributed by atoms with Crippen LogP contribution < -0.4 is 16.4 Å². The second-order valence-electron chi connectivity index (χ2n) is 20.5. The molecule has 0 radical (unpaired) electrons. The number of hydrogen-bond donors (Lipinski definition) is 0. The largest absolute Gasteiger partial charge is 0.310 e. The van der Waals surface area contributed by atoms with Crippen LogP contribution in [-0.2, 0) is 10.8 Å². The smallest absolute Gasteiger partial charge is 0.253 e. The van der Waals surface area contributed by atoms with Gasteiger partial charge in [-0.05, 0) is 125 Å². The molecule has 65 heavy (non-hydrogen) atoms. The summed E-state index contributed by atoms with van der Waals surface area (Å²) in [7, 11) is 0. The first-order valence-corrected chi connectivity index (χ1v) is 23.2. The maximum atomic E-state index is 2.67. The van der Waals surface area contributed by atoms with Crippen LogP contribution in [0.4, 0.5) is 0 Å². The van der Waals surface area contributed by atoms with Crippen molar-refractivity contribution in [3.8, 4) is 56.0 Å². The lowest BCUT2D eigenvalue weighted by atomic mass is 9.33. The predicted octanol–water partition coefficient (Wildman–Crippen LogP) is 14.3. The lowest BCUT2D eigenvalue weighted by Crippen LogP contribution is -2.60. The van der Waals surface area contributed by atoms with E-state index >= 15 is 0 Å². The SMILES string of the molecule is CC(C)(C)c1ccc2c(c1)c1cc(C(C)(C)C)cc3c1n2-c1cc(-c2cccc(-c4ccccc4)c2)cc2c1B3c1c3ccccc3cc3c(-c4ccccc4)c(-c4ccccc4)n-2c13. The minimum absolute atomic E-state index is 0.00310. The van der Waals surface area contributed by atoms with Gasteiger partial charge in [0.15, 0.2) is 0 Å². The quantitative estimate of drug-likeness (QED) is 0.156. The van der Waals surface area contributed by atoms with E-state index in [1.54, 1.807) is 0 Å². The van der Waals surface area contributed by atoms with Gasteiger partial charge in [-0.1, -0.05) is 187 Å². The highest BCUT2D eigenvalue weighted by atomic mass is 15.0. The summed E-state index contributed by atoms with van der Waals surface area (Å²) < 4.78 is 5.32. The molecular weight excluding hydrogens is 784 g/mol. The van der Waals surface area contributed by atoms with E-state index in [1.807, 2.05) is 0 Å². The highest BCUT2D eigenvalue weighted by Crippen LogP contribution is 2.48. The molecule has 0 aliphatic carbocycles. The van der Waals surface area contributed by atoms with Gasteiger partial charge in [0, 0.05) is 38.6 Å². The minimum atomic E-state index is -0.0681. The monoisotopic (exact) mass is 832 g/mol. The Bertz CT molecular complexity index is 3760. The Balaban J connectivity index is 1.27. The standard InChI is InChI=1S/C62H49BN2/c1-61(2,3)45-29-30-52-48(35-45)49-36-46(62(4,5)6)37-51-59(49)64(52)53-33-44(42-27-18-26-41(31-42)38-19-10-7-11-20-38)34-54-57(53)63(51)56-47-28-17-16-25-43(47)32-50-55(39-21-12-8-13-22-39)58(65(54)60(50)56)40-23-14-9-15-24-40/h7-37H,1-6H3. The van der Waals surface area contributed by atoms with Gasteiger partial charge in [-0.3, -0.25) is 0 Å². The lowest BCUT2D eigenvalue weighted by molar-refractivity contribution is 0.590. The molecule has 0 atom stereocenters. The highest BCUT2D eigenvalue weighted by molar-refractivity contribution is 7.01. The molecule has 0 fully saturated rings. The molecular formula is C62H49BN2. The minimum Gasteiger partial charge on any atom is -0.310 e. The van der Waals surface area contributed by atoms with Crippen LogP contribution in [-0.4, -0.2) is 15.8 Å². The van der Waals surface area contributed by atoms with E-state index in [1.165, 1.54) is 127 Å². The molecule has 3 heteroatoms. The third-order valence-electron chi connectivity index (χ3n) is 14.6. The Labute approximate surface area is 381 Å². The number of hydrogen-bond acceptors (Lipinski definition) is 0. The van der Waals surface area contributed by atoms with Crippen LogP contribution in [0.2, 0.25) is 0 Å². The number of nitrogens with zero attached hydrogens (tertiary/aromatic N) is 2. The van der Waals surface area contributed by atoms with Gasteiger partial charge in [0.1, 0.15) is 0 Å². The summed E-state index contributed by atoms with van der Waals surface area (Å²) >= 11 is 0. The van der Waals surface area contributed by atoms with Crippen molar-refractivity contribution in [1.82, 2.24) is 9.13 Å². The first kappa shape index (κ1) is 38.1. The highest BCUT2D eigenvalue weighted by Gasteiger charge is 2.44. The fraction of sp³-hybridized carbons (Fsp3) is 0.129. The van der Waals surface area contributed by atoms with Crippen molar-refractivity contribution in [1.29, 1.82) is 0 Å². The molecule has 2 aromatic heterocycles. The number of benzene rings is 9. The van der Waals surface area contributed by atoms with Crippen molar-refractivity contribution >= 4 is 66.6 Å². The lowest BCUT2D eigenvalue weighted by Gasteiger charge is -2.36. The fourth-order valence-corrected chi connectivity index (χ4v) is 11.4. The molecule has 11 aromatic rings. The summed E-state index contributed by atoms with van der Waals surface area (Å²) in [5.41, 5.74) is 23.0. The average molecular weight is 833 g/mol. The molecule has 2 aliphatic rings. The van der Waals surface area contributed by atoms with E-state index in [9.17, 15) is 0 Å². The van der Waals surface area contributed by atoms with Gasteiger partial charge in [0.05, 0.1) is 16.7 Å². The van der Waals surface area contributed by atoms with Crippen molar-refractivity contribution < 1.29 is 0 Å². The second kappa shape index (κ2) is 13.6. The second-order valence-corrected chi connectivity index (χ2v) is 20.5. The first-order valence-electron chi connectivity index (χ1n) is 23.2. The molecule has 2 nitrogen and oxygen atoms in total. The third-order valence-corrected chi connectivity index (χ3v) is 14.6. The van der Waals surface area contributed by atoms with Crippen LogP contribution in [0.3, 0.4) is 0 Å². The van der Waals surface area contributed by atoms with Gasteiger partial charge in [0.2, 0.25) is 0 Å². The van der Waals surface area contributed by atoms with Crippen molar-refractivity contribution in [2.75, 3.05) is 0 Å². The number of fused-ring (bicyclic) bond motifs is 9. The molecule has 0 N–H and O–H groups in total. The van der Waals surface area contributed by atoms with E-state index in [2.05, 4.69) is 239 Å². The predicted molar refractivity (Wildman–Crippen MR) is 279 cm³/mol. The first-order chi connectivity index (χ1) is 31.5. The van der Waals surface area contributed by atoms with Crippen molar-refractivity contribution in [3.63, 3.8) is 0 Å². The fourth-order valence-electron chi connectivity index (χ4n) is 11.4. The summed E-state index contributed by atoms with van der Waals surface area (Å²) in [6, 6.07) is 71.2. The van der Waals surface area contributed by atoms with Crippen LogP contribution in [0.15, 0.2) is 188 Å². The summed E-state index contributed by atoms with van der Waals surface area (Å²) in [5, 5.41) is 6.53.